The monoisotopic (exact) mass is 436 g/mol. The molecule has 1 aliphatic heterocycles. The molecule has 2 amide bonds. The number of amides is 2. The van der Waals surface area contributed by atoms with Crippen molar-refractivity contribution in [3.63, 3.8) is 0 Å². The van der Waals surface area contributed by atoms with Crippen LogP contribution in [0.5, 0.6) is 0 Å². The van der Waals surface area contributed by atoms with Crippen molar-refractivity contribution in [2.45, 2.75) is 6.42 Å². The summed E-state index contributed by atoms with van der Waals surface area (Å²) in [5.74, 6) is -0.497. The minimum atomic E-state index is -0.342. The highest BCUT2D eigenvalue weighted by Gasteiger charge is 2.35. The van der Waals surface area contributed by atoms with Gasteiger partial charge >= 0.3 is 0 Å². The quantitative estimate of drug-likeness (QED) is 0.782. The molecular formula is C17H14Br2N2O2. The van der Waals surface area contributed by atoms with Crippen LogP contribution in [0.25, 0.3) is 0 Å². The maximum atomic E-state index is 12.4. The molecule has 6 heteroatoms. The second-order valence-electron chi connectivity index (χ2n) is 5.38. The first kappa shape index (κ1) is 16.2. The van der Waals surface area contributed by atoms with Crippen LogP contribution in [-0.4, -0.2) is 18.4 Å². The lowest BCUT2D eigenvalue weighted by Crippen LogP contribution is -2.28. The number of anilines is 2. The summed E-state index contributed by atoms with van der Waals surface area (Å²) in [5, 5.41) is 2.87. The van der Waals surface area contributed by atoms with Crippen LogP contribution in [0.3, 0.4) is 0 Å². The Morgan fingerprint density at radius 3 is 2.52 bits per heavy atom. The summed E-state index contributed by atoms with van der Waals surface area (Å²) < 4.78 is 1.85. The minimum absolute atomic E-state index is 0.0262. The highest BCUT2D eigenvalue weighted by molar-refractivity contribution is 9.10. The summed E-state index contributed by atoms with van der Waals surface area (Å²) >= 11 is 6.75. The summed E-state index contributed by atoms with van der Waals surface area (Å²) in [4.78, 5) is 26.3. The molecule has 0 aromatic heterocycles. The van der Waals surface area contributed by atoms with Crippen LogP contribution in [0.2, 0.25) is 0 Å². The van der Waals surface area contributed by atoms with Crippen molar-refractivity contribution >= 4 is 55.0 Å². The van der Waals surface area contributed by atoms with Gasteiger partial charge in [-0.3, -0.25) is 9.59 Å². The Kier molecular flexibility index (Phi) is 4.82. The van der Waals surface area contributed by atoms with Crippen LogP contribution in [0, 0.1) is 5.92 Å². The smallest absolute Gasteiger partial charge is 0.229 e. The number of hydrogen-bond acceptors (Lipinski definition) is 2. The topological polar surface area (TPSA) is 49.4 Å². The molecule has 0 bridgehead atoms. The summed E-state index contributed by atoms with van der Waals surface area (Å²) in [5.41, 5.74) is 1.54. The van der Waals surface area contributed by atoms with Crippen molar-refractivity contribution in [3.8, 4) is 0 Å². The van der Waals surface area contributed by atoms with Gasteiger partial charge in [0.05, 0.1) is 5.92 Å². The molecule has 4 nitrogen and oxygen atoms in total. The molecule has 1 N–H and O–H groups in total. The first-order valence-corrected chi connectivity index (χ1v) is 8.74. The lowest BCUT2D eigenvalue weighted by molar-refractivity contribution is -0.122. The predicted molar refractivity (Wildman–Crippen MR) is 97.4 cm³/mol. The molecule has 0 spiro atoms. The third-order valence-corrected chi connectivity index (χ3v) is 4.75. The molecule has 23 heavy (non-hydrogen) atoms. The molecular weight excluding hydrogens is 424 g/mol. The van der Waals surface area contributed by atoms with Crippen molar-refractivity contribution < 1.29 is 9.59 Å². The Balaban J connectivity index is 1.69. The Morgan fingerprint density at radius 1 is 1.09 bits per heavy atom. The zero-order valence-corrected chi connectivity index (χ0v) is 15.3. The van der Waals surface area contributed by atoms with E-state index in [2.05, 4.69) is 37.2 Å². The fraction of sp³-hybridized carbons (Fsp3) is 0.176. The Morgan fingerprint density at radius 2 is 1.83 bits per heavy atom. The van der Waals surface area contributed by atoms with E-state index in [1.165, 1.54) is 0 Å². The van der Waals surface area contributed by atoms with Crippen LogP contribution in [0.1, 0.15) is 6.42 Å². The first-order valence-electron chi connectivity index (χ1n) is 7.15. The SMILES string of the molecule is O=C(Nc1cccc(Br)c1)[C@@H]1CC(=O)N(c2ccc(Br)cc2)C1. The molecule has 2 aromatic rings. The molecule has 0 radical (unpaired) electrons. The molecule has 3 rings (SSSR count). The summed E-state index contributed by atoms with van der Waals surface area (Å²) in [6.07, 6.45) is 0.232. The Bertz CT molecular complexity index is 747. The standard InChI is InChI=1S/C17H14Br2N2O2/c18-12-4-6-15(7-5-12)21-10-11(8-16(21)22)17(23)20-14-3-1-2-13(19)9-14/h1-7,9,11H,8,10H2,(H,20,23)/t11-/m1/s1. The van der Waals surface area contributed by atoms with Gasteiger partial charge in [0, 0.05) is 33.3 Å². The van der Waals surface area contributed by atoms with Gasteiger partial charge in [-0.2, -0.15) is 0 Å². The second kappa shape index (κ2) is 6.84. The van der Waals surface area contributed by atoms with Crippen LogP contribution in [0.15, 0.2) is 57.5 Å². The summed E-state index contributed by atoms with van der Waals surface area (Å²) in [6, 6.07) is 14.9. The normalized spacial score (nSPS) is 17.4. The van der Waals surface area contributed by atoms with E-state index in [0.717, 1.165) is 20.3 Å². The fourth-order valence-electron chi connectivity index (χ4n) is 2.56. The van der Waals surface area contributed by atoms with Gasteiger partial charge in [-0.25, -0.2) is 0 Å². The maximum absolute atomic E-state index is 12.4. The molecule has 0 saturated carbocycles. The molecule has 1 saturated heterocycles. The van der Waals surface area contributed by atoms with E-state index in [1.807, 2.05) is 48.5 Å². The zero-order valence-electron chi connectivity index (χ0n) is 12.1. The molecule has 118 valence electrons. The van der Waals surface area contributed by atoms with E-state index < -0.39 is 0 Å². The lowest BCUT2D eigenvalue weighted by atomic mass is 10.1. The van der Waals surface area contributed by atoms with E-state index in [1.54, 1.807) is 4.90 Å². The number of hydrogen-bond donors (Lipinski definition) is 1. The van der Waals surface area contributed by atoms with E-state index >= 15 is 0 Å². The van der Waals surface area contributed by atoms with E-state index in [4.69, 9.17) is 0 Å². The largest absolute Gasteiger partial charge is 0.326 e. The Labute approximate surface area is 151 Å². The van der Waals surface area contributed by atoms with Crippen LogP contribution in [0.4, 0.5) is 11.4 Å². The van der Waals surface area contributed by atoms with Crippen molar-refractivity contribution in [1.82, 2.24) is 0 Å². The first-order chi connectivity index (χ1) is 11.0. The molecule has 1 atom stereocenters. The number of benzene rings is 2. The van der Waals surface area contributed by atoms with E-state index in [9.17, 15) is 9.59 Å². The number of carbonyl (C=O) groups excluding carboxylic acids is 2. The second-order valence-corrected chi connectivity index (χ2v) is 7.21. The number of carbonyl (C=O) groups is 2. The zero-order chi connectivity index (χ0) is 16.4. The van der Waals surface area contributed by atoms with Gasteiger partial charge in [0.15, 0.2) is 0 Å². The van der Waals surface area contributed by atoms with Crippen LogP contribution in [-0.2, 0) is 9.59 Å². The van der Waals surface area contributed by atoms with Gasteiger partial charge in [-0.05, 0) is 42.5 Å². The number of halogens is 2. The van der Waals surface area contributed by atoms with Gasteiger partial charge < -0.3 is 10.2 Å². The predicted octanol–water partition coefficient (Wildman–Crippen LogP) is 4.20. The van der Waals surface area contributed by atoms with Gasteiger partial charge in [0.1, 0.15) is 0 Å². The molecule has 0 unspecified atom stereocenters. The van der Waals surface area contributed by atoms with Crippen molar-refractivity contribution in [2.24, 2.45) is 5.92 Å². The van der Waals surface area contributed by atoms with Gasteiger partial charge in [-0.15, -0.1) is 0 Å². The minimum Gasteiger partial charge on any atom is -0.326 e. The van der Waals surface area contributed by atoms with Crippen molar-refractivity contribution in [1.29, 1.82) is 0 Å². The van der Waals surface area contributed by atoms with E-state index in [0.29, 0.717) is 6.54 Å². The Hall–Kier alpha value is -1.66. The number of nitrogens with zero attached hydrogens (tertiary/aromatic N) is 1. The van der Waals surface area contributed by atoms with E-state index in [-0.39, 0.29) is 24.2 Å². The third kappa shape index (κ3) is 3.82. The van der Waals surface area contributed by atoms with Crippen molar-refractivity contribution in [2.75, 3.05) is 16.8 Å². The van der Waals surface area contributed by atoms with Gasteiger partial charge in [0.25, 0.3) is 0 Å². The number of rotatable bonds is 3. The summed E-state index contributed by atoms with van der Waals surface area (Å²) in [6.45, 7) is 0.403. The molecule has 1 fully saturated rings. The lowest BCUT2D eigenvalue weighted by Gasteiger charge is -2.16. The van der Waals surface area contributed by atoms with Crippen LogP contribution < -0.4 is 10.2 Å². The molecule has 2 aromatic carbocycles. The highest BCUT2D eigenvalue weighted by atomic mass is 79.9. The molecule has 1 aliphatic rings. The number of nitrogens with one attached hydrogen (secondary N) is 1. The third-order valence-electron chi connectivity index (χ3n) is 3.73. The van der Waals surface area contributed by atoms with Crippen molar-refractivity contribution in [3.05, 3.63) is 57.5 Å². The van der Waals surface area contributed by atoms with Gasteiger partial charge in [-0.1, -0.05) is 37.9 Å². The average molecular weight is 438 g/mol. The van der Waals surface area contributed by atoms with Gasteiger partial charge in [0.2, 0.25) is 11.8 Å². The molecule has 1 heterocycles. The maximum Gasteiger partial charge on any atom is 0.229 e. The molecule has 0 aliphatic carbocycles. The average Bonchev–Trinajstić information content (AvgIpc) is 2.90. The summed E-state index contributed by atoms with van der Waals surface area (Å²) in [7, 11) is 0. The highest BCUT2D eigenvalue weighted by Crippen LogP contribution is 2.27. The fourth-order valence-corrected chi connectivity index (χ4v) is 3.23. The van der Waals surface area contributed by atoms with Crippen LogP contribution >= 0.6 is 31.9 Å².